The predicted octanol–water partition coefficient (Wildman–Crippen LogP) is 4.70. The van der Waals surface area contributed by atoms with Crippen molar-refractivity contribution in [2.75, 3.05) is 19.6 Å². The largest absolute Gasteiger partial charge is 0.356 e. The molecule has 0 bridgehead atoms. The van der Waals surface area contributed by atoms with E-state index in [1.807, 2.05) is 12.1 Å². The average molecular weight is 371 g/mol. The lowest BCUT2D eigenvalue weighted by Crippen LogP contribution is -2.40. The summed E-state index contributed by atoms with van der Waals surface area (Å²) >= 11 is 11.9. The minimum absolute atomic E-state index is 0.103. The van der Waals surface area contributed by atoms with Gasteiger partial charge in [-0.15, -0.1) is 0 Å². The van der Waals surface area contributed by atoms with E-state index in [1.165, 1.54) is 32.2 Å². The normalized spacial score (nSPS) is 18.5. The second-order valence-electron chi connectivity index (χ2n) is 6.55. The number of nitrogens with one attached hydrogen (secondary N) is 1. The van der Waals surface area contributed by atoms with Crippen molar-refractivity contribution >= 4 is 29.1 Å². The molecule has 0 spiro atoms. The van der Waals surface area contributed by atoms with Crippen LogP contribution in [0.25, 0.3) is 0 Å². The maximum absolute atomic E-state index is 12.0. The third-order valence-corrected chi connectivity index (χ3v) is 5.53. The first-order valence-electron chi connectivity index (χ1n) is 9.05. The first-order chi connectivity index (χ1) is 11.6. The second-order valence-corrected chi connectivity index (χ2v) is 7.36. The Morgan fingerprint density at radius 3 is 2.88 bits per heavy atom. The Hall–Kier alpha value is -0.770. The zero-order valence-electron chi connectivity index (χ0n) is 14.5. The van der Waals surface area contributed by atoms with E-state index < -0.39 is 0 Å². The first kappa shape index (κ1) is 19.6. The summed E-state index contributed by atoms with van der Waals surface area (Å²) in [6.45, 7) is 5.33. The van der Waals surface area contributed by atoms with Crippen LogP contribution in [0.3, 0.4) is 0 Å². The molecule has 0 radical (unpaired) electrons. The quantitative estimate of drug-likeness (QED) is 0.672. The van der Waals surface area contributed by atoms with Crippen molar-refractivity contribution in [3.05, 3.63) is 33.8 Å². The fraction of sp³-hybridized carbons (Fsp3) is 0.632. The lowest BCUT2D eigenvalue weighted by atomic mass is 10.00. The van der Waals surface area contributed by atoms with Crippen molar-refractivity contribution in [2.45, 2.75) is 57.9 Å². The zero-order chi connectivity index (χ0) is 17.4. The molecule has 1 atom stereocenters. The minimum atomic E-state index is 0.103. The van der Waals surface area contributed by atoms with E-state index >= 15 is 0 Å². The van der Waals surface area contributed by atoms with E-state index in [0.29, 0.717) is 22.9 Å². The van der Waals surface area contributed by atoms with Crippen LogP contribution in [0.2, 0.25) is 10.0 Å². The summed E-state index contributed by atoms with van der Waals surface area (Å²) in [5.41, 5.74) is 1.04. The molecule has 3 nitrogen and oxygen atoms in total. The Kier molecular flexibility index (Phi) is 8.37. The fourth-order valence-corrected chi connectivity index (χ4v) is 3.69. The molecule has 134 valence electrons. The molecule has 1 aliphatic rings. The van der Waals surface area contributed by atoms with Gasteiger partial charge in [-0.2, -0.15) is 0 Å². The molecule has 1 heterocycles. The number of aryl methyl sites for hydroxylation is 1. The zero-order valence-corrected chi connectivity index (χ0v) is 16.0. The third kappa shape index (κ3) is 6.27. The Morgan fingerprint density at radius 2 is 2.12 bits per heavy atom. The molecule has 1 aliphatic heterocycles. The smallest absolute Gasteiger partial charge is 0.220 e. The number of benzene rings is 1. The van der Waals surface area contributed by atoms with Crippen LogP contribution in [0.5, 0.6) is 0 Å². The molecular formula is C19H28Cl2N2O. The van der Waals surface area contributed by atoms with Gasteiger partial charge in [-0.25, -0.2) is 0 Å². The van der Waals surface area contributed by atoms with Crippen LogP contribution in [-0.4, -0.2) is 36.5 Å². The number of amides is 1. The summed E-state index contributed by atoms with van der Waals surface area (Å²) in [6, 6.07) is 6.27. The molecule has 0 aromatic heterocycles. The van der Waals surface area contributed by atoms with Crippen LogP contribution in [-0.2, 0) is 11.2 Å². The molecule has 1 aromatic rings. The van der Waals surface area contributed by atoms with E-state index in [-0.39, 0.29) is 5.91 Å². The van der Waals surface area contributed by atoms with Crippen LogP contribution in [0.1, 0.15) is 51.0 Å². The number of hydrogen-bond acceptors (Lipinski definition) is 2. The summed E-state index contributed by atoms with van der Waals surface area (Å²) in [6.07, 6.45) is 7.43. The van der Waals surface area contributed by atoms with Crippen molar-refractivity contribution < 1.29 is 4.79 Å². The van der Waals surface area contributed by atoms with Gasteiger partial charge in [-0.1, -0.05) is 42.6 Å². The van der Waals surface area contributed by atoms with Crippen LogP contribution >= 0.6 is 23.2 Å². The van der Waals surface area contributed by atoms with Gasteiger partial charge < -0.3 is 10.2 Å². The van der Waals surface area contributed by atoms with Crippen LogP contribution in [0, 0.1) is 0 Å². The first-order valence-corrected chi connectivity index (χ1v) is 9.80. The van der Waals surface area contributed by atoms with Gasteiger partial charge in [0, 0.05) is 25.6 Å². The summed E-state index contributed by atoms with van der Waals surface area (Å²) in [4.78, 5) is 14.5. The summed E-state index contributed by atoms with van der Waals surface area (Å²) < 4.78 is 0. The van der Waals surface area contributed by atoms with Gasteiger partial charge in [0.25, 0.3) is 0 Å². The maximum atomic E-state index is 12.0. The topological polar surface area (TPSA) is 32.3 Å². The highest BCUT2D eigenvalue weighted by molar-refractivity contribution is 6.42. The van der Waals surface area contributed by atoms with Gasteiger partial charge in [0.15, 0.2) is 0 Å². The van der Waals surface area contributed by atoms with Crippen molar-refractivity contribution in [3.63, 3.8) is 0 Å². The van der Waals surface area contributed by atoms with Crippen molar-refractivity contribution in [1.82, 2.24) is 10.2 Å². The minimum Gasteiger partial charge on any atom is -0.356 e. The number of carbonyl (C=O) groups excluding carboxylic acids is 1. The number of hydrogen-bond donors (Lipinski definition) is 1. The van der Waals surface area contributed by atoms with E-state index in [2.05, 4.69) is 17.1 Å². The fourth-order valence-electron chi connectivity index (χ4n) is 3.37. The van der Waals surface area contributed by atoms with Crippen molar-refractivity contribution in [3.8, 4) is 0 Å². The van der Waals surface area contributed by atoms with Crippen LogP contribution in [0.15, 0.2) is 18.2 Å². The molecule has 1 aromatic carbocycles. The van der Waals surface area contributed by atoms with Crippen LogP contribution in [0.4, 0.5) is 0 Å². The lowest BCUT2D eigenvalue weighted by molar-refractivity contribution is -0.121. The Balaban J connectivity index is 1.61. The number of likely N-dealkylation sites (tertiary alicyclic amines) is 1. The predicted molar refractivity (Wildman–Crippen MR) is 102 cm³/mol. The molecule has 0 unspecified atom stereocenters. The highest BCUT2D eigenvalue weighted by Gasteiger charge is 2.19. The number of piperidine rings is 1. The SMILES string of the molecule is CC[C@H]1CCCCN1CCCNC(=O)CCc1ccc(Cl)c(Cl)c1. The van der Waals surface area contributed by atoms with Gasteiger partial charge in [-0.3, -0.25) is 4.79 Å². The molecule has 2 rings (SSSR count). The molecule has 1 N–H and O–H groups in total. The molecule has 1 saturated heterocycles. The summed E-state index contributed by atoms with van der Waals surface area (Å²) in [7, 11) is 0. The van der Waals surface area contributed by atoms with E-state index in [1.54, 1.807) is 6.07 Å². The molecule has 5 heteroatoms. The monoisotopic (exact) mass is 370 g/mol. The number of halogens is 2. The summed E-state index contributed by atoms with van der Waals surface area (Å²) in [5.74, 6) is 0.103. The number of rotatable bonds is 8. The van der Waals surface area contributed by atoms with Crippen molar-refractivity contribution in [1.29, 1.82) is 0 Å². The lowest BCUT2D eigenvalue weighted by Gasteiger charge is -2.35. The van der Waals surface area contributed by atoms with E-state index in [9.17, 15) is 4.79 Å². The highest BCUT2D eigenvalue weighted by atomic mass is 35.5. The maximum Gasteiger partial charge on any atom is 0.220 e. The van der Waals surface area contributed by atoms with Crippen molar-refractivity contribution in [2.24, 2.45) is 0 Å². The Bertz CT molecular complexity index is 536. The highest BCUT2D eigenvalue weighted by Crippen LogP contribution is 2.23. The Morgan fingerprint density at radius 1 is 1.29 bits per heavy atom. The molecule has 0 aliphatic carbocycles. The Labute approximate surface area is 155 Å². The standard InChI is InChI=1S/C19H28Cl2N2O/c1-2-16-6-3-4-12-23(16)13-5-11-22-19(24)10-8-15-7-9-17(20)18(21)14-15/h7,9,14,16H,2-6,8,10-13H2,1H3,(H,22,24)/t16-/m0/s1. The average Bonchev–Trinajstić information content (AvgIpc) is 2.60. The summed E-state index contributed by atoms with van der Waals surface area (Å²) in [5, 5.41) is 4.12. The molecular weight excluding hydrogens is 343 g/mol. The van der Waals surface area contributed by atoms with Gasteiger partial charge in [-0.05, 0) is 56.3 Å². The van der Waals surface area contributed by atoms with E-state index in [0.717, 1.165) is 31.1 Å². The van der Waals surface area contributed by atoms with Gasteiger partial charge in [0.1, 0.15) is 0 Å². The van der Waals surface area contributed by atoms with Gasteiger partial charge in [0.2, 0.25) is 5.91 Å². The third-order valence-electron chi connectivity index (χ3n) is 4.79. The molecule has 1 amide bonds. The van der Waals surface area contributed by atoms with Gasteiger partial charge in [0.05, 0.1) is 10.0 Å². The second kappa shape index (κ2) is 10.3. The van der Waals surface area contributed by atoms with Crippen LogP contribution < -0.4 is 5.32 Å². The number of carbonyl (C=O) groups is 1. The van der Waals surface area contributed by atoms with Gasteiger partial charge >= 0.3 is 0 Å². The van der Waals surface area contributed by atoms with E-state index in [4.69, 9.17) is 23.2 Å². The molecule has 1 fully saturated rings. The molecule has 24 heavy (non-hydrogen) atoms. The molecule has 0 saturated carbocycles. The number of nitrogens with zero attached hydrogens (tertiary/aromatic N) is 1.